The Labute approximate surface area is 192 Å². The van der Waals surface area contributed by atoms with E-state index in [0.717, 1.165) is 4.90 Å². The molecule has 0 fully saturated rings. The lowest BCUT2D eigenvalue weighted by Gasteiger charge is -2.27. The third-order valence-corrected chi connectivity index (χ3v) is 5.57. The highest BCUT2D eigenvalue weighted by molar-refractivity contribution is 7.97. The number of hydrogen-bond acceptors (Lipinski definition) is 5. The van der Waals surface area contributed by atoms with Crippen LogP contribution in [0.3, 0.4) is 0 Å². The first kappa shape index (κ1) is 22.8. The van der Waals surface area contributed by atoms with E-state index in [9.17, 15) is 4.79 Å². The molecule has 3 rings (SSSR count). The highest BCUT2D eigenvalue weighted by Gasteiger charge is 2.23. The molecule has 0 heterocycles. The molecule has 0 saturated heterocycles. The predicted octanol–water partition coefficient (Wildman–Crippen LogP) is 7.07. The third kappa shape index (κ3) is 7.12. The van der Waals surface area contributed by atoms with Crippen LogP contribution in [-0.4, -0.2) is 29.7 Å². The summed E-state index contributed by atoms with van der Waals surface area (Å²) >= 11 is 7.32. The molecule has 3 aromatic rings. The molecular formula is C24H24ClNO4S. The number of hydrogen-bond donors (Lipinski definition) is 0. The molecule has 1 unspecified atom stereocenters. The second kappa shape index (κ2) is 11.5. The summed E-state index contributed by atoms with van der Waals surface area (Å²) in [5, 5.41) is 0.617. The van der Waals surface area contributed by atoms with Gasteiger partial charge in [-0.15, -0.1) is 0 Å². The first-order valence-corrected chi connectivity index (χ1v) is 11.1. The van der Waals surface area contributed by atoms with Gasteiger partial charge in [0.15, 0.2) is 0 Å². The normalized spacial score (nSPS) is 11.5. The zero-order valence-electron chi connectivity index (χ0n) is 17.4. The monoisotopic (exact) mass is 457 g/mol. The van der Waals surface area contributed by atoms with Crippen molar-refractivity contribution in [2.24, 2.45) is 0 Å². The van der Waals surface area contributed by atoms with Crippen molar-refractivity contribution in [2.45, 2.75) is 24.8 Å². The van der Waals surface area contributed by atoms with Gasteiger partial charge in [-0.1, -0.05) is 35.9 Å². The van der Waals surface area contributed by atoms with E-state index in [1.807, 2.05) is 73.7 Å². The highest BCUT2D eigenvalue weighted by Crippen LogP contribution is 2.28. The number of rotatable bonds is 9. The first-order chi connectivity index (χ1) is 15.0. The smallest absolute Gasteiger partial charge is 0.420 e. The number of benzene rings is 3. The van der Waals surface area contributed by atoms with Crippen LogP contribution in [0.4, 0.5) is 4.79 Å². The fraction of sp³-hybridized carbons (Fsp3) is 0.208. The summed E-state index contributed by atoms with van der Waals surface area (Å²) in [4.78, 5) is 13.4. The molecule has 0 radical (unpaired) electrons. The van der Waals surface area contributed by atoms with Gasteiger partial charge in [0.05, 0.1) is 12.6 Å². The molecule has 0 saturated carbocycles. The Morgan fingerprint density at radius 2 is 1.68 bits per heavy atom. The van der Waals surface area contributed by atoms with Crippen LogP contribution in [-0.2, 0) is 4.74 Å². The van der Waals surface area contributed by atoms with Gasteiger partial charge >= 0.3 is 6.09 Å². The molecule has 1 atom stereocenters. The van der Waals surface area contributed by atoms with Gasteiger partial charge in [-0.3, -0.25) is 0 Å². The Bertz CT molecular complexity index is 969. The number of ether oxygens (including phenoxy) is 3. The summed E-state index contributed by atoms with van der Waals surface area (Å²) < 4.78 is 18.5. The van der Waals surface area contributed by atoms with E-state index in [1.165, 1.54) is 11.9 Å². The summed E-state index contributed by atoms with van der Waals surface area (Å²) in [6.07, 6.45) is -0.391. The van der Waals surface area contributed by atoms with E-state index in [4.69, 9.17) is 25.8 Å². The Balaban J connectivity index is 1.59. The zero-order chi connectivity index (χ0) is 22.1. The van der Waals surface area contributed by atoms with E-state index in [-0.39, 0.29) is 6.04 Å². The fourth-order valence-electron chi connectivity index (χ4n) is 2.64. The summed E-state index contributed by atoms with van der Waals surface area (Å²) in [5.41, 5.74) is 0. The van der Waals surface area contributed by atoms with Gasteiger partial charge < -0.3 is 14.2 Å². The van der Waals surface area contributed by atoms with Crippen LogP contribution in [0.15, 0.2) is 83.8 Å². The molecule has 7 heteroatoms. The second-order valence-corrected chi connectivity index (χ2v) is 8.10. The Morgan fingerprint density at radius 3 is 2.35 bits per heavy atom. The van der Waals surface area contributed by atoms with E-state index in [0.29, 0.717) is 35.5 Å². The maximum Gasteiger partial charge on any atom is 0.420 e. The van der Waals surface area contributed by atoms with Crippen molar-refractivity contribution in [1.29, 1.82) is 0 Å². The third-order valence-electron chi connectivity index (χ3n) is 4.14. The molecule has 0 aliphatic carbocycles. The molecule has 0 spiro atoms. The van der Waals surface area contributed by atoms with Crippen molar-refractivity contribution in [2.75, 3.05) is 13.2 Å². The van der Waals surface area contributed by atoms with Crippen molar-refractivity contribution >= 4 is 29.6 Å². The van der Waals surface area contributed by atoms with Crippen LogP contribution in [0.25, 0.3) is 0 Å². The second-order valence-electron chi connectivity index (χ2n) is 6.62. The Kier molecular flexibility index (Phi) is 8.50. The van der Waals surface area contributed by atoms with Crippen molar-refractivity contribution in [3.63, 3.8) is 0 Å². The van der Waals surface area contributed by atoms with Gasteiger partial charge in [0.2, 0.25) is 0 Å². The lowest BCUT2D eigenvalue weighted by Crippen LogP contribution is -2.37. The summed E-state index contributed by atoms with van der Waals surface area (Å²) in [6, 6.07) is 24.0. The molecule has 0 aliphatic rings. The molecule has 0 aromatic heterocycles. The van der Waals surface area contributed by atoms with E-state index < -0.39 is 6.09 Å². The average Bonchev–Trinajstić information content (AvgIpc) is 2.77. The number of halogens is 1. The lowest BCUT2D eigenvalue weighted by molar-refractivity contribution is 0.117. The molecule has 0 aliphatic heterocycles. The van der Waals surface area contributed by atoms with Crippen molar-refractivity contribution in [3.8, 4) is 17.2 Å². The average molecular weight is 458 g/mol. The number of carbonyl (C=O) groups excluding carboxylic acids is 1. The van der Waals surface area contributed by atoms with Crippen LogP contribution in [0.1, 0.15) is 13.8 Å². The summed E-state index contributed by atoms with van der Waals surface area (Å²) in [5.74, 6) is 2.02. The fourth-order valence-corrected chi connectivity index (χ4v) is 3.70. The SMILES string of the molecule is CCOC(=O)N(Sc1ccccc1)C(C)COc1ccc(Oc2cccc(Cl)c2)cc1. The largest absolute Gasteiger partial charge is 0.491 e. The topological polar surface area (TPSA) is 48.0 Å². The van der Waals surface area contributed by atoms with Gasteiger partial charge in [0.25, 0.3) is 0 Å². The van der Waals surface area contributed by atoms with Gasteiger partial charge in [-0.2, -0.15) is 0 Å². The van der Waals surface area contributed by atoms with Crippen LogP contribution < -0.4 is 9.47 Å². The maximum atomic E-state index is 12.4. The van der Waals surface area contributed by atoms with Crippen molar-refractivity contribution in [1.82, 2.24) is 4.31 Å². The summed E-state index contributed by atoms with van der Waals surface area (Å²) in [7, 11) is 0. The quantitative estimate of drug-likeness (QED) is 0.322. The minimum Gasteiger partial charge on any atom is -0.491 e. The molecule has 1 amide bonds. The van der Waals surface area contributed by atoms with Crippen LogP contribution in [0, 0.1) is 0 Å². The molecular weight excluding hydrogens is 434 g/mol. The van der Waals surface area contributed by atoms with Crippen molar-refractivity contribution in [3.05, 3.63) is 83.9 Å². The molecule has 3 aromatic carbocycles. The maximum absolute atomic E-state index is 12.4. The van der Waals surface area contributed by atoms with Gasteiger partial charge in [0, 0.05) is 9.92 Å². The Hall–Kier alpha value is -2.83. The molecule has 0 bridgehead atoms. The summed E-state index contributed by atoms with van der Waals surface area (Å²) in [6.45, 7) is 4.33. The van der Waals surface area contributed by atoms with Gasteiger partial charge in [-0.05, 0) is 80.4 Å². The molecule has 31 heavy (non-hydrogen) atoms. The van der Waals surface area contributed by atoms with Crippen LogP contribution in [0.5, 0.6) is 17.2 Å². The Morgan fingerprint density at radius 1 is 0.968 bits per heavy atom. The number of amides is 1. The van der Waals surface area contributed by atoms with Crippen molar-refractivity contribution < 1.29 is 19.0 Å². The minimum atomic E-state index is -0.391. The van der Waals surface area contributed by atoms with E-state index in [1.54, 1.807) is 23.4 Å². The molecule has 162 valence electrons. The van der Waals surface area contributed by atoms with E-state index in [2.05, 4.69) is 0 Å². The van der Waals surface area contributed by atoms with Crippen LogP contribution in [0.2, 0.25) is 5.02 Å². The van der Waals surface area contributed by atoms with Gasteiger partial charge in [0.1, 0.15) is 23.9 Å². The minimum absolute atomic E-state index is 0.216. The van der Waals surface area contributed by atoms with Gasteiger partial charge in [-0.25, -0.2) is 9.10 Å². The predicted molar refractivity (Wildman–Crippen MR) is 124 cm³/mol. The lowest BCUT2D eigenvalue weighted by atomic mass is 10.3. The van der Waals surface area contributed by atoms with Crippen LogP contribution >= 0.6 is 23.5 Å². The highest BCUT2D eigenvalue weighted by atomic mass is 35.5. The standard InChI is InChI=1S/C24H24ClNO4S/c1-3-28-24(27)26(31-23-10-5-4-6-11-23)18(2)17-29-20-12-14-21(15-13-20)30-22-9-7-8-19(25)16-22/h4-16,18H,3,17H2,1-2H3. The zero-order valence-corrected chi connectivity index (χ0v) is 18.9. The molecule has 0 N–H and O–H groups in total. The number of nitrogens with zero attached hydrogens (tertiary/aromatic N) is 1. The van der Waals surface area contributed by atoms with E-state index >= 15 is 0 Å². The first-order valence-electron chi connectivity index (χ1n) is 9.90. The number of carbonyl (C=O) groups is 1. The molecule has 5 nitrogen and oxygen atoms in total.